The quantitative estimate of drug-likeness (QED) is 0.239. The van der Waals surface area contributed by atoms with Crippen LogP contribution in [0.15, 0.2) is 4.99 Å². The second-order valence-electron chi connectivity index (χ2n) is 1.83. The molecule has 0 aromatic heterocycles. The topological polar surface area (TPSA) is 117 Å². The van der Waals surface area contributed by atoms with Gasteiger partial charge in [-0.1, -0.05) is 0 Å². The first-order valence-electron chi connectivity index (χ1n) is 3.04. The van der Waals surface area contributed by atoms with Crippen LogP contribution in [0.4, 0.5) is 0 Å². The first kappa shape index (κ1) is 9.70. The van der Waals surface area contributed by atoms with Crippen molar-refractivity contribution in [3.05, 3.63) is 0 Å². The first-order chi connectivity index (χ1) is 5.13. The average molecular weight is 160 g/mol. The Labute approximate surface area is 64.4 Å². The lowest BCUT2D eigenvalue weighted by molar-refractivity contribution is -0.122. The summed E-state index contributed by atoms with van der Waals surface area (Å²) in [5, 5.41) is 0. The Morgan fingerprint density at radius 1 is 1.36 bits per heavy atom. The Morgan fingerprint density at radius 3 is 2.45 bits per heavy atom. The van der Waals surface area contributed by atoms with Crippen molar-refractivity contribution in [3.8, 4) is 0 Å². The van der Waals surface area contributed by atoms with Gasteiger partial charge in [0.2, 0.25) is 5.91 Å². The van der Waals surface area contributed by atoms with Crippen LogP contribution in [0.1, 0.15) is 0 Å². The minimum absolute atomic E-state index is 0.00711. The molecular weight excluding hydrogens is 148 g/mol. The number of amides is 1. The van der Waals surface area contributed by atoms with Crippen LogP contribution in [-0.4, -0.2) is 31.6 Å². The molecule has 0 spiro atoms. The third-order valence-corrected chi connectivity index (χ3v) is 0.774. The first-order valence-corrected chi connectivity index (χ1v) is 3.04. The van der Waals surface area contributed by atoms with Crippen LogP contribution >= 0.6 is 0 Å². The maximum Gasteiger partial charge on any atom is 0.243 e. The second kappa shape index (κ2) is 5.48. The number of nitrogens with zero attached hydrogens (tertiary/aromatic N) is 1. The number of rotatable bonds is 5. The van der Waals surface area contributed by atoms with Gasteiger partial charge in [-0.2, -0.15) is 0 Å². The van der Waals surface area contributed by atoms with Crippen LogP contribution in [0.3, 0.4) is 0 Å². The van der Waals surface area contributed by atoms with Crippen molar-refractivity contribution in [2.75, 3.05) is 19.8 Å². The number of nitrogens with two attached hydrogens (primary N) is 3. The van der Waals surface area contributed by atoms with Crippen LogP contribution in [0.25, 0.3) is 0 Å². The predicted molar refractivity (Wildman–Crippen MR) is 40.7 cm³/mol. The Morgan fingerprint density at radius 2 is 2.00 bits per heavy atom. The lowest BCUT2D eigenvalue weighted by atomic mass is 10.6. The van der Waals surface area contributed by atoms with Crippen LogP contribution in [0.2, 0.25) is 0 Å². The molecule has 0 unspecified atom stereocenters. The summed E-state index contributed by atoms with van der Waals surface area (Å²) in [4.78, 5) is 13.7. The van der Waals surface area contributed by atoms with Crippen molar-refractivity contribution in [2.45, 2.75) is 0 Å². The maximum atomic E-state index is 10.1. The molecule has 0 fully saturated rings. The normalized spacial score (nSPS) is 9.09. The fourth-order valence-electron chi connectivity index (χ4n) is 0.412. The number of ether oxygens (including phenoxy) is 1. The highest BCUT2D eigenvalue weighted by atomic mass is 16.5. The van der Waals surface area contributed by atoms with E-state index in [2.05, 4.69) is 4.99 Å². The van der Waals surface area contributed by atoms with E-state index < -0.39 is 5.91 Å². The van der Waals surface area contributed by atoms with Crippen LogP contribution in [-0.2, 0) is 9.53 Å². The van der Waals surface area contributed by atoms with Crippen LogP contribution in [0, 0.1) is 0 Å². The summed E-state index contributed by atoms with van der Waals surface area (Å²) >= 11 is 0. The minimum Gasteiger partial charge on any atom is -0.370 e. The van der Waals surface area contributed by atoms with Crippen molar-refractivity contribution < 1.29 is 9.53 Å². The Bertz CT molecular complexity index is 153. The third-order valence-electron chi connectivity index (χ3n) is 0.774. The number of hydrogen-bond donors (Lipinski definition) is 3. The molecule has 0 aliphatic rings. The average Bonchev–Trinajstić information content (AvgIpc) is 1.85. The fraction of sp³-hybridized carbons (Fsp3) is 0.600. The summed E-state index contributed by atoms with van der Waals surface area (Å²) < 4.78 is 4.75. The zero-order chi connectivity index (χ0) is 8.69. The summed E-state index contributed by atoms with van der Waals surface area (Å²) in [7, 11) is 0. The molecule has 0 saturated carbocycles. The van der Waals surface area contributed by atoms with E-state index in [-0.39, 0.29) is 12.6 Å². The van der Waals surface area contributed by atoms with Crippen molar-refractivity contribution in [2.24, 2.45) is 22.2 Å². The molecule has 0 radical (unpaired) electrons. The van der Waals surface area contributed by atoms with Gasteiger partial charge in [0.05, 0.1) is 13.2 Å². The molecule has 0 saturated heterocycles. The van der Waals surface area contributed by atoms with Gasteiger partial charge in [-0.15, -0.1) is 0 Å². The molecule has 11 heavy (non-hydrogen) atoms. The Balaban J connectivity index is 3.15. The van der Waals surface area contributed by atoms with Crippen molar-refractivity contribution >= 4 is 11.9 Å². The number of hydrogen-bond acceptors (Lipinski definition) is 3. The van der Waals surface area contributed by atoms with Gasteiger partial charge in [-0.3, -0.25) is 9.79 Å². The van der Waals surface area contributed by atoms with Crippen molar-refractivity contribution in [1.29, 1.82) is 0 Å². The van der Waals surface area contributed by atoms with E-state index >= 15 is 0 Å². The third kappa shape index (κ3) is 8.70. The molecule has 0 heterocycles. The maximum absolute atomic E-state index is 10.1. The lowest BCUT2D eigenvalue weighted by Gasteiger charge is -1.97. The van der Waals surface area contributed by atoms with Crippen molar-refractivity contribution in [1.82, 2.24) is 0 Å². The molecule has 0 aliphatic carbocycles. The number of aliphatic imine (C=N–C) groups is 1. The highest BCUT2D eigenvalue weighted by molar-refractivity contribution is 5.75. The SMILES string of the molecule is NC(=O)COCCN=C(N)N. The highest BCUT2D eigenvalue weighted by Crippen LogP contribution is 1.74. The summed E-state index contributed by atoms with van der Waals surface area (Å²) in [6.07, 6.45) is 0. The summed E-state index contributed by atoms with van der Waals surface area (Å²) in [6, 6.07) is 0. The van der Waals surface area contributed by atoms with Crippen LogP contribution < -0.4 is 17.2 Å². The second-order valence-corrected chi connectivity index (χ2v) is 1.83. The molecule has 0 atom stereocenters. The van der Waals surface area contributed by atoms with Crippen molar-refractivity contribution in [3.63, 3.8) is 0 Å². The van der Waals surface area contributed by atoms with E-state index in [0.717, 1.165) is 0 Å². The summed E-state index contributed by atoms with van der Waals surface area (Å²) in [5.74, 6) is -0.498. The van der Waals surface area contributed by atoms with E-state index in [1.807, 2.05) is 0 Å². The monoisotopic (exact) mass is 160 g/mol. The standard InChI is InChI=1S/C5H12N4O2/c6-4(10)3-11-2-1-9-5(7)8/h1-3H2,(H2,6,10)(H4,7,8,9). The molecule has 64 valence electrons. The zero-order valence-corrected chi connectivity index (χ0v) is 6.12. The molecule has 0 rings (SSSR count). The Kier molecular flexibility index (Phi) is 4.83. The van der Waals surface area contributed by atoms with E-state index in [9.17, 15) is 4.79 Å². The van der Waals surface area contributed by atoms with E-state index in [1.165, 1.54) is 0 Å². The van der Waals surface area contributed by atoms with Gasteiger partial charge < -0.3 is 21.9 Å². The van der Waals surface area contributed by atoms with Gasteiger partial charge in [-0.05, 0) is 0 Å². The number of carbonyl (C=O) groups is 1. The molecule has 0 aromatic rings. The van der Waals surface area contributed by atoms with Gasteiger partial charge in [0.15, 0.2) is 5.96 Å². The van der Waals surface area contributed by atoms with Gasteiger partial charge >= 0.3 is 0 Å². The zero-order valence-electron chi connectivity index (χ0n) is 6.12. The largest absolute Gasteiger partial charge is 0.370 e. The number of carbonyl (C=O) groups excluding carboxylic acids is 1. The predicted octanol–water partition coefficient (Wildman–Crippen LogP) is -2.24. The molecule has 0 bridgehead atoms. The molecule has 6 nitrogen and oxygen atoms in total. The van der Waals surface area contributed by atoms with Gasteiger partial charge in [-0.25, -0.2) is 0 Å². The van der Waals surface area contributed by atoms with Gasteiger partial charge in [0, 0.05) is 0 Å². The van der Waals surface area contributed by atoms with Crippen LogP contribution in [0.5, 0.6) is 0 Å². The smallest absolute Gasteiger partial charge is 0.243 e. The van der Waals surface area contributed by atoms with E-state index in [0.29, 0.717) is 13.2 Å². The number of primary amides is 1. The lowest BCUT2D eigenvalue weighted by Crippen LogP contribution is -2.24. The molecular formula is C5H12N4O2. The molecule has 6 N–H and O–H groups in total. The summed E-state index contributed by atoms with van der Waals surface area (Å²) in [6.45, 7) is 0.538. The highest BCUT2D eigenvalue weighted by Gasteiger charge is 1.91. The minimum atomic E-state index is -0.505. The Hall–Kier alpha value is -1.30. The molecule has 0 aliphatic heterocycles. The summed E-state index contributed by atoms with van der Waals surface area (Å²) in [5.41, 5.74) is 14.8. The fourth-order valence-corrected chi connectivity index (χ4v) is 0.412. The number of guanidine groups is 1. The van der Waals surface area contributed by atoms with Gasteiger partial charge in [0.25, 0.3) is 0 Å². The van der Waals surface area contributed by atoms with Gasteiger partial charge in [0.1, 0.15) is 6.61 Å². The molecule has 1 amide bonds. The molecule has 0 aromatic carbocycles. The van der Waals surface area contributed by atoms with E-state index in [4.69, 9.17) is 21.9 Å². The van der Waals surface area contributed by atoms with E-state index in [1.54, 1.807) is 0 Å². The molecule has 6 heteroatoms.